The molecule has 0 saturated carbocycles. The Hall–Kier alpha value is -4.34. The summed E-state index contributed by atoms with van der Waals surface area (Å²) in [4.78, 5) is 36.5. The molecule has 3 aromatic carbocycles. The Labute approximate surface area is 242 Å². The van der Waals surface area contributed by atoms with Crippen LogP contribution in [0.4, 0.5) is 29.3 Å². The first kappa shape index (κ1) is 30.6. The summed E-state index contributed by atoms with van der Waals surface area (Å²) in [5.41, 5.74) is 3.99. The number of rotatable bonds is 9. The van der Waals surface area contributed by atoms with E-state index in [1.54, 1.807) is 12.1 Å². The molecule has 222 valence electrons. The fraction of sp³-hybridized carbons (Fsp3) is 0.344. The van der Waals surface area contributed by atoms with Crippen molar-refractivity contribution in [3.8, 4) is 11.1 Å². The fourth-order valence-corrected chi connectivity index (χ4v) is 5.17. The van der Waals surface area contributed by atoms with Gasteiger partial charge in [0, 0.05) is 17.8 Å². The van der Waals surface area contributed by atoms with Crippen LogP contribution in [0, 0.1) is 11.8 Å². The normalized spacial score (nSPS) is 16.1. The molecule has 3 amide bonds. The van der Waals surface area contributed by atoms with Gasteiger partial charge in [-0.25, -0.2) is 9.59 Å². The van der Waals surface area contributed by atoms with Gasteiger partial charge in [0.2, 0.25) is 5.91 Å². The van der Waals surface area contributed by atoms with Crippen molar-refractivity contribution in [2.45, 2.75) is 58.2 Å². The number of fused-ring (bicyclic) bond motifs is 1. The zero-order valence-corrected chi connectivity index (χ0v) is 23.4. The van der Waals surface area contributed by atoms with Crippen molar-refractivity contribution in [2.24, 2.45) is 11.8 Å². The van der Waals surface area contributed by atoms with Crippen molar-refractivity contribution in [1.29, 1.82) is 0 Å². The molecule has 3 atom stereocenters. The van der Waals surface area contributed by atoms with Gasteiger partial charge in [0.25, 0.3) is 0 Å². The lowest BCUT2D eigenvalue weighted by Crippen LogP contribution is -2.45. The van der Waals surface area contributed by atoms with E-state index in [1.165, 1.54) is 23.3 Å². The molecule has 0 radical (unpaired) electrons. The van der Waals surface area contributed by atoms with Crippen LogP contribution in [0.1, 0.15) is 49.8 Å². The molecule has 1 aliphatic rings. The highest BCUT2D eigenvalue weighted by molar-refractivity contribution is 6.00. The van der Waals surface area contributed by atoms with Crippen LogP contribution < -0.4 is 16.0 Å². The summed E-state index contributed by atoms with van der Waals surface area (Å²) in [5, 5.41) is 17.2. The zero-order valence-electron chi connectivity index (χ0n) is 23.4. The Morgan fingerprint density at radius 1 is 0.929 bits per heavy atom. The van der Waals surface area contributed by atoms with Gasteiger partial charge in [-0.2, -0.15) is 13.2 Å². The number of amides is 3. The van der Waals surface area contributed by atoms with Crippen molar-refractivity contribution in [1.82, 2.24) is 5.32 Å². The van der Waals surface area contributed by atoms with Crippen molar-refractivity contribution in [2.75, 3.05) is 10.6 Å². The van der Waals surface area contributed by atoms with E-state index < -0.39 is 29.8 Å². The number of halogens is 3. The van der Waals surface area contributed by atoms with E-state index in [0.29, 0.717) is 12.1 Å². The predicted octanol–water partition coefficient (Wildman–Crippen LogP) is 7.13. The van der Waals surface area contributed by atoms with Crippen molar-refractivity contribution < 1.29 is 32.7 Å². The SMILES string of the molecule is CCC(C)[C@H](NC(=O)CC1CCc2cc(-c3ccc(NC(=O)Nc4cccc(C(F)(F)F)c4)cc3)ccc2C1)C(=O)O. The van der Waals surface area contributed by atoms with Crippen LogP contribution in [0.5, 0.6) is 0 Å². The number of benzene rings is 3. The average molecular weight is 582 g/mol. The number of anilines is 2. The highest BCUT2D eigenvalue weighted by atomic mass is 19.4. The molecule has 42 heavy (non-hydrogen) atoms. The largest absolute Gasteiger partial charge is 0.480 e. The Kier molecular flexibility index (Phi) is 9.55. The maximum absolute atomic E-state index is 12.9. The lowest BCUT2D eigenvalue weighted by molar-refractivity contribution is -0.143. The highest BCUT2D eigenvalue weighted by Gasteiger charge is 2.30. The van der Waals surface area contributed by atoms with Crippen LogP contribution in [0.2, 0.25) is 0 Å². The zero-order chi connectivity index (χ0) is 30.4. The van der Waals surface area contributed by atoms with Crippen LogP contribution in [0.25, 0.3) is 11.1 Å². The van der Waals surface area contributed by atoms with Crippen molar-refractivity contribution in [3.05, 3.63) is 83.4 Å². The molecule has 0 fully saturated rings. The molecule has 0 saturated heterocycles. The Morgan fingerprint density at radius 2 is 1.62 bits per heavy atom. The maximum atomic E-state index is 12.9. The molecule has 7 nitrogen and oxygen atoms in total. The molecule has 2 unspecified atom stereocenters. The van der Waals surface area contributed by atoms with Gasteiger partial charge in [-0.1, -0.05) is 56.7 Å². The first-order valence-electron chi connectivity index (χ1n) is 13.9. The highest BCUT2D eigenvalue weighted by Crippen LogP contribution is 2.32. The minimum absolute atomic E-state index is 0.0337. The molecule has 0 heterocycles. The summed E-state index contributed by atoms with van der Waals surface area (Å²) in [6.07, 6.45) is -1.17. The van der Waals surface area contributed by atoms with Gasteiger partial charge >= 0.3 is 18.2 Å². The quantitative estimate of drug-likeness (QED) is 0.216. The van der Waals surface area contributed by atoms with Gasteiger partial charge in [-0.05, 0) is 83.7 Å². The second kappa shape index (κ2) is 13.1. The van der Waals surface area contributed by atoms with E-state index in [9.17, 15) is 32.7 Å². The minimum atomic E-state index is -4.50. The minimum Gasteiger partial charge on any atom is -0.480 e. The number of hydrogen-bond donors (Lipinski definition) is 4. The second-order valence-corrected chi connectivity index (χ2v) is 10.8. The molecular formula is C32H34F3N3O4. The predicted molar refractivity (Wildman–Crippen MR) is 155 cm³/mol. The first-order valence-corrected chi connectivity index (χ1v) is 13.9. The van der Waals surface area contributed by atoms with Gasteiger partial charge in [0.05, 0.1) is 5.56 Å². The number of carbonyl (C=O) groups is 3. The monoisotopic (exact) mass is 581 g/mol. The number of aliphatic carboxylic acids is 1. The average Bonchev–Trinajstić information content (AvgIpc) is 2.95. The molecule has 0 spiro atoms. The lowest BCUT2D eigenvalue weighted by Gasteiger charge is -2.26. The van der Waals surface area contributed by atoms with Gasteiger partial charge in [0.15, 0.2) is 0 Å². The molecule has 0 aromatic heterocycles. The maximum Gasteiger partial charge on any atom is 0.416 e. The van der Waals surface area contributed by atoms with Crippen LogP contribution in [-0.4, -0.2) is 29.1 Å². The molecule has 1 aliphatic carbocycles. The Balaban J connectivity index is 1.33. The number of carbonyl (C=O) groups excluding carboxylic acids is 2. The fourth-order valence-electron chi connectivity index (χ4n) is 5.17. The van der Waals surface area contributed by atoms with E-state index in [4.69, 9.17) is 0 Å². The van der Waals surface area contributed by atoms with Crippen LogP contribution in [-0.2, 0) is 28.6 Å². The summed E-state index contributed by atoms with van der Waals surface area (Å²) in [7, 11) is 0. The second-order valence-electron chi connectivity index (χ2n) is 10.8. The summed E-state index contributed by atoms with van der Waals surface area (Å²) in [5.74, 6) is -1.25. The third-order valence-corrected chi connectivity index (χ3v) is 7.73. The van der Waals surface area contributed by atoms with Crippen molar-refractivity contribution >= 4 is 29.3 Å². The summed E-state index contributed by atoms with van der Waals surface area (Å²) in [6, 6.07) is 16.2. The number of nitrogens with one attached hydrogen (secondary N) is 3. The molecule has 0 aliphatic heterocycles. The molecule has 10 heteroatoms. The van der Waals surface area contributed by atoms with E-state index in [-0.39, 0.29) is 29.9 Å². The van der Waals surface area contributed by atoms with Crippen LogP contribution in [0.15, 0.2) is 66.7 Å². The van der Waals surface area contributed by atoms with E-state index >= 15 is 0 Å². The van der Waals surface area contributed by atoms with Crippen LogP contribution in [0.3, 0.4) is 0 Å². The third kappa shape index (κ3) is 7.90. The molecule has 0 bridgehead atoms. The third-order valence-electron chi connectivity index (χ3n) is 7.73. The smallest absolute Gasteiger partial charge is 0.416 e. The topological polar surface area (TPSA) is 108 Å². The molecule has 4 N–H and O–H groups in total. The number of alkyl halides is 3. The van der Waals surface area contributed by atoms with E-state index in [1.807, 2.05) is 32.0 Å². The Morgan fingerprint density at radius 3 is 2.29 bits per heavy atom. The summed E-state index contributed by atoms with van der Waals surface area (Å²) >= 11 is 0. The standard InChI is InChI=1S/C32H34F3N3O4/c1-3-19(2)29(30(40)41)38-28(39)16-20-7-8-24-17-23(10-9-22(24)15-20)21-11-13-26(14-12-21)36-31(42)37-27-6-4-5-25(18-27)32(33,34)35/h4-6,9-14,17-20,29H,3,7-8,15-16H2,1-2H3,(H,38,39)(H,40,41)(H2,36,37,42)/t19?,20?,29-/m0/s1. The summed E-state index contributed by atoms with van der Waals surface area (Å²) in [6.45, 7) is 3.72. The van der Waals surface area contributed by atoms with Gasteiger partial charge in [0.1, 0.15) is 6.04 Å². The number of urea groups is 1. The summed E-state index contributed by atoms with van der Waals surface area (Å²) < 4.78 is 38.8. The number of carboxylic acids is 1. The molecular weight excluding hydrogens is 547 g/mol. The van der Waals surface area contributed by atoms with Crippen molar-refractivity contribution in [3.63, 3.8) is 0 Å². The van der Waals surface area contributed by atoms with Gasteiger partial charge in [-0.15, -0.1) is 0 Å². The Bertz CT molecular complexity index is 1440. The first-order chi connectivity index (χ1) is 19.9. The van der Waals surface area contributed by atoms with E-state index in [0.717, 1.165) is 42.5 Å². The van der Waals surface area contributed by atoms with Gasteiger partial charge < -0.3 is 21.1 Å². The number of carboxylic acid groups (broad SMARTS) is 1. The van der Waals surface area contributed by atoms with Gasteiger partial charge in [-0.3, -0.25) is 4.79 Å². The van der Waals surface area contributed by atoms with E-state index in [2.05, 4.69) is 28.1 Å². The molecule has 3 aromatic rings. The molecule has 4 rings (SSSR count). The van der Waals surface area contributed by atoms with Crippen LogP contribution >= 0.6 is 0 Å². The number of aryl methyl sites for hydroxylation is 1. The lowest BCUT2D eigenvalue weighted by atomic mass is 9.81. The number of hydrogen-bond acceptors (Lipinski definition) is 3.